The van der Waals surface area contributed by atoms with Gasteiger partial charge >= 0.3 is 0 Å². The van der Waals surface area contributed by atoms with Gasteiger partial charge in [0.1, 0.15) is 11.5 Å². The standard InChI is InChI=1S/C17H14FN3O3S2/c1-26(23,24)14-7-5-12(6-8-14)20-17-21-15(10-25-17)16(22)19-13-4-2-3-11(18)9-13/h2-10H,1H3,(H,19,22)(H,20,21). The minimum absolute atomic E-state index is 0.189. The number of amides is 1. The van der Waals surface area contributed by atoms with Crippen molar-refractivity contribution in [2.24, 2.45) is 0 Å². The zero-order valence-corrected chi connectivity index (χ0v) is 15.2. The van der Waals surface area contributed by atoms with E-state index in [-0.39, 0.29) is 10.6 Å². The Hall–Kier alpha value is -2.78. The highest BCUT2D eigenvalue weighted by Gasteiger charge is 2.12. The summed E-state index contributed by atoms with van der Waals surface area (Å²) in [6, 6.07) is 11.8. The van der Waals surface area contributed by atoms with Crippen LogP contribution in [0, 0.1) is 5.82 Å². The lowest BCUT2D eigenvalue weighted by atomic mass is 10.3. The lowest BCUT2D eigenvalue weighted by Gasteiger charge is -2.04. The van der Waals surface area contributed by atoms with Crippen LogP contribution in [0.2, 0.25) is 0 Å². The number of aromatic nitrogens is 1. The molecule has 9 heteroatoms. The average molecular weight is 391 g/mol. The highest BCUT2D eigenvalue weighted by molar-refractivity contribution is 7.90. The molecule has 0 aliphatic rings. The number of thiazole rings is 1. The van der Waals surface area contributed by atoms with Crippen LogP contribution >= 0.6 is 11.3 Å². The number of sulfone groups is 1. The van der Waals surface area contributed by atoms with Crippen LogP contribution in [0.3, 0.4) is 0 Å². The molecule has 26 heavy (non-hydrogen) atoms. The van der Waals surface area contributed by atoms with Gasteiger partial charge in [0.2, 0.25) is 0 Å². The Bertz CT molecular complexity index is 1050. The fraction of sp³-hybridized carbons (Fsp3) is 0.0588. The number of hydrogen-bond donors (Lipinski definition) is 2. The molecular weight excluding hydrogens is 377 g/mol. The van der Waals surface area contributed by atoms with Crippen molar-refractivity contribution in [2.45, 2.75) is 4.90 Å². The molecule has 0 aliphatic carbocycles. The van der Waals surface area contributed by atoms with Crippen LogP contribution in [0.25, 0.3) is 0 Å². The molecule has 0 bridgehead atoms. The molecule has 0 aliphatic heterocycles. The maximum Gasteiger partial charge on any atom is 0.275 e. The number of anilines is 3. The second-order valence-corrected chi connectivity index (χ2v) is 8.30. The number of carbonyl (C=O) groups excluding carboxylic acids is 1. The van der Waals surface area contributed by atoms with Crippen LogP contribution in [-0.2, 0) is 9.84 Å². The Balaban J connectivity index is 1.68. The lowest BCUT2D eigenvalue weighted by Crippen LogP contribution is -2.12. The topological polar surface area (TPSA) is 88.2 Å². The summed E-state index contributed by atoms with van der Waals surface area (Å²) >= 11 is 1.22. The van der Waals surface area contributed by atoms with E-state index in [9.17, 15) is 17.6 Å². The first-order chi connectivity index (χ1) is 12.3. The molecule has 0 atom stereocenters. The molecular formula is C17H14FN3O3S2. The van der Waals surface area contributed by atoms with E-state index in [1.807, 2.05) is 0 Å². The minimum Gasteiger partial charge on any atom is -0.332 e. The van der Waals surface area contributed by atoms with Gasteiger partial charge in [0.05, 0.1) is 4.90 Å². The van der Waals surface area contributed by atoms with Gasteiger partial charge in [-0.3, -0.25) is 4.79 Å². The molecule has 2 N–H and O–H groups in total. The molecule has 0 unspecified atom stereocenters. The van der Waals surface area contributed by atoms with E-state index in [2.05, 4.69) is 15.6 Å². The average Bonchev–Trinajstić information content (AvgIpc) is 3.03. The largest absolute Gasteiger partial charge is 0.332 e. The third kappa shape index (κ3) is 4.44. The van der Waals surface area contributed by atoms with E-state index in [0.717, 1.165) is 6.26 Å². The van der Waals surface area contributed by atoms with Gasteiger partial charge in [0, 0.05) is 23.0 Å². The molecule has 0 fully saturated rings. The lowest BCUT2D eigenvalue weighted by molar-refractivity contribution is 0.102. The summed E-state index contributed by atoms with van der Waals surface area (Å²) < 4.78 is 36.1. The van der Waals surface area contributed by atoms with Crippen molar-refractivity contribution < 1.29 is 17.6 Å². The number of carbonyl (C=O) groups is 1. The SMILES string of the molecule is CS(=O)(=O)c1ccc(Nc2nc(C(=O)Nc3cccc(F)c3)cs2)cc1. The van der Waals surface area contributed by atoms with Gasteiger partial charge in [-0.1, -0.05) is 6.07 Å². The van der Waals surface area contributed by atoms with Crippen molar-refractivity contribution in [3.8, 4) is 0 Å². The van der Waals surface area contributed by atoms with E-state index in [0.29, 0.717) is 16.5 Å². The van der Waals surface area contributed by atoms with Crippen LogP contribution in [0.1, 0.15) is 10.5 Å². The third-order valence-electron chi connectivity index (χ3n) is 3.35. The quantitative estimate of drug-likeness (QED) is 0.693. The van der Waals surface area contributed by atoms with Gasteiger partial charge in [0.15, 0.2) is 15.0 Å². The van der Waals surface area contributed by atoms with Gasteiger partial charge in [-0.2, -0.15) is 0 Å². The molecule has 6 nitrogen and oxygen atoms in total. The molecule has 1 amide bonds. The van der Waals surface area contributed by atoms with Crippen LogP contribution in [0.5, 0.6) is 0 Å². The maximum atomic E-state index is 13.2. The number of hydrogen-bond acceptors (Lipinski definition) is 6. The van der Waals surface area contributed by atoms with E-state index >= 15 is 0 Å². The molecule has 3 aromatic rings. The molecule has 0 radical (unpaired) electrons. The summed E-state index contributed by atoms with van der Waals surface area (Å²) in [6.45, 7) is 0. The predicted molar refractivity (Wildman–Crippen MR) is 99.3 cm³/mol. The number of nitrogens with zero attached hydrogens (tertiary/aromatic N) is 1. The minimum atomic E-state index is -3.25. The highest BCUT2D eigenvalue weighted by atomic mass is 32.2. The summed E-state index contributed by atoms with van der Waals surface area (Å²) in [5.74, 6) is -0.895. The van der Waals surface area contributed by atoms with Gasteiger partial charge < -0.3 is 10.6 Å². The van der Waals surface area contributed by atoms with Gasteiger partial charge in [-0.05, 0) is 42.5 Å². The molecule has 134 valence electrons. The second kappa shape index (κ2) is 7.22. The Morgan fingerprint density at radius 2 is 1.85 bits per heavy atom. The molecule has 0 spiro atoms. The van der Waals surface area contributed by atoms with Crippen molar-refractivity contribution in [2.75, 3.05) is 16.9 Å². The summed E-state index contributed by atoms with van der Waals surface area (Å²) in [6.07, 6.45) is 1.14. The van der Waals surface area contributed by atoms with Gasteiger partial charge in [-0.15, -0.1) is 11.3 Å². The van der Waals surface area contributed by atoms with E-state index in [1.54, 1.807) is 23.6 Å². The normalized spacial score (nSPS) is 11.2. The Labute approximate surface area is 153 Å². The molecule has 0 saturated carbocycles. The van der Waals surface area contributed by atoms with Crippen molar-refractivity contribution in [3.05, 3.63) is 65.4 Å². The molecule has 1 heterocycles. The number of rotatable bonds is 5. The van der Waals surface area contributed by atoms with Gasteiger partial charge in [-0.25, -0.2) is 17.8 Å². The zero-order valence-electron chi connectivity index (χ0n) is 13.6. The Kier molecular flexibility index (Phi) is 5.01. The predicted octanol–water partition coefficient (Wildman–Crippen LogP) is 3.68. The monoisotopic (exact) mass is 391 g/mol. The van der Waals surface area contributed by atoms with Crippen molar-refractivity contribution >= 4 is 43.6 Å². The molecule has 3 rings (SSSR count). The van der Waals surface area contributed by atoms with Crippen LogP contribution < -0.4 is 10.6 Å². The fourth-order valence-electron chi connectivity index (χ4n) is 2.11. The summed E-state index contributed by atoms with van der Waals surface area (Å²) in [7, 11) is -3.25. The fourth-order valence-corrected chi connectivity index (χ4v) is 3.45. The smallest absolute Gasteiger partial charge is 0.275 e. The highest BCUT2D eigenvalue weighted by Crippen LogP contribution is 2.23. The number of nitrogens with one attached hydrogen (secondary N) is 2. The zero-order chi connectivity index (χ0) is 18.7. The van der Waals surface area contributed by atoms with E-state index < -0.39 is 21.6 Å². The number of benzene rings is 2. The van der Waals surface area contributed by atoms with Crippen LogP contribution in [0.15, 0.2) is 58.8 Å². The van der Waals surface area contributed by atoms with Crippen LogP contribution in [0.4, 0.5) is 20.9 Å². The Morgan fingerprint density at radius 3 is 2.50 bits per heavy atom. The molecule has 2 aromatic carbocycles. The van der Waals surface area contributed by atoms with Crippen molar-refractivity contribution in [1.82, 2.24) is 4.98 Å². The van der Waals surface area contributed by atoms with Crippen molar-refractivity contribution in [3.63, 3.8) is 0 Å². The summed E-state index contributed by atoms with van der Waals surface area (Å²) in [5.41, 5.74) is 1.17. The first-order valence-electron chi connectivity index (χ1n) is 7.41. The first-order valence-corrected chi connectivity index (χ1v) is 10.2. The Morgan fingerprint density at radius 1 is 1.12 bits per heavy atom. The second-order valence-electron chi connectivity index (χ2n) is 5.42. The van der Waals surface area contributed by atoms with Crippen LogP contribution in [-0.4, -0.2) is 25.6 Å². The molecule has 1 aromatic heterocycles. The number of halogens is 1. The van der Waals surface area contributed by atoms with Crippen molar-refractivity contribution in [1.29, 1.82) is 0 Å². The first kappa shape index (κ1) is 18.0. The molecule has 0 saturated heterocycles. The third-order valence-corrected chi connectivity index (χ3v) is 5.24. The van der Waals surface area contributed by atoms with E-state index in [4.69, 9.17) is 0 Å². The van der Waals surface area contributed by atoms with E-state index in [1.165, 1.54) is 41.7 Å². The summed E-state index contributed by atoms with van der Waals surface area (Å²) in [5, 5.41) is 7.62. The van der Waals surface area contributed by atoms with Gasteiger partial charge in [0.25, 0.3) is 5.91 Å². The summed E-state index contributed by atoms with van der Waals surface area (Å²) in [4.78, 5) is 16.6. The maximum absolute atomic E-state index is 13.2.